The van der Waals surface area contributed by atoms with E-state index in [4.69, 9.17) is 0 Å². The fraction of sp³-hybridized carbons (Fsp3) is 0.0714. The second-order valence-corrected chi connectivity index (χ2v) is 4.87. The summed E-state index contributed by atoms with van der Waals surface area (Å²) in [5.41, 5.74) is -0.0520. The summed E-state index contributed by atoms with van der Waals surface area (Å²) in [7, 11) is 0. The zero-order valence-corrected chi connectivity index (χ0v) is 11.2. The van der Waals surface area contributed by atoms with Crippen LogP contribution in [0.5, 0.6) is 5.75 Å². The molecule has 0 unspecified atom stereocenters. The maximum Gasteiger partial charge on any atom is 0.573 e. The Morgan fingerprint density at radius 1 is 1.19 bits per heavy atom. The zero-order valence-electron chi connectivity index (χ0n) is 10.4. The van der Waals surface area contributed by atoms with Crippen LogP contribution in [0.4, 0.5) is 13.2 Å². The molecule has 0 aliphatic heterocycles. The third-order valence-corrected chi connectivity index (χ3v) is 3.36. The summed E-state index contributed by atoms with van der Waals surface area (Å²) in [5.74, 6) is -1.67. The molecule has 0 aliphatic rings. The molecule has 0 spiro atoms. The average Bonchev–Trinajstić information content (AvgIpc) is 2.89. The van der Waals surface area contributed by atoms with Gasteiger partial charge in [0.2, 0.25) is 0 Å². The zero-order chi connectivity index (χ0) is 15.5. The van der Waals surface area contributed by atoms with E-state index in [-0.39, 0.29) is 11.1 Å². The minimum atomic E-state index is -4.84. The van der Waals surface area contributed by atoms with Crippen LogP contribution >= 0.6 is 11.3 Å². The Morgan fingerprint density at radius 2 is 1.90 bits per heavy atom. The number of aliphatic carboxylic acids is 1. The molecular weight excluding hydrogens is 305 g/mol. The molecular formula is C14H9F3O3S. The Labute approximate surface area is 121 Å². The lowest BCUT2D eigenvalue weighted by Gasteiger charge is -2.11. The number of thiophene rings is 1. The van der Waals surface area contributed by atoms with Gasteiger partial charge < -0.3 is 9.84 Å². The van der Waals surface area contributed by atoms with E-state index < -0.39 is 18.1 Å². The van der Waals surface area contributed by atoms with Gasteiger partial charge in [-0.15, -0.1) is 24.5 Å². The molecule has 0 aliphatic carbocycles. The Kier molecular flexibility index (Phi) is 4.32. The van der Waals surface area contributed by atoms with Crippen molar-refractivity contribution >= 4 is 29.0 Å². The van der Waals surface area contributed by atoms with E-state index in [9.17, 15) is 23.1 Å². The molecule has 3 nitrogen and oxygen atoms in total. The van der Waals surface area contributed by atoms with E-state index in [2.05, 4.69) is 4.74 Å². The van der Waals surface area contributed by atoms with Gasteiger partial charge in [0.25, 0.3) is 0 Å². The lowest BCUT2D eigenvalue weighted by molar-refractivity contribution is -0.274. The second-order valence-electron chi connectivity index (χ2n) is 3.93. The van der Waals surface area contributed by atoms with Crippen LogP contribution in [0.3, 0.4) is 0 Å². The number of benzene rings is 1. The largest absolute Gasteiger partial charge is 0.573 e. The van der Waals surface area contributed by atoms with E-state index in [0.717, 1.165) is 12.1 Å². The smallest absolute Gasteiger partial charge is 0.478 e. The van der Waals surface area contributed by atoms with Gasteiger partial charge in [0, 0.05) is 10.4 Å². The first-order valence-electron chi connectivity index (χ1n) is 5.70. The Balaban J connectivity index is 2.45. The molecule has 1 aromatic carbocycles. The molecule has 2 aromatic rings. The molecule has 21 heavy (non-hydrogen) atoms. The molecule has 2 rings (SSSR count). The summed E-state index contributed by atoms with van der Waals surface area (Å²) in [6.45, 7) is 0. The minimum Gasteiger partial charge on any atom is -0.478 e. The van der Waals surface area contributed by atoms with Crippen molar-refractivity contribution in [3.8, 4) is 5.75 Å². The van der Waals surface area contributed by atoms with Crippen LogP contribution in [-0.4, -0.2) is 17.4 Å². The van der Waals surface area contributed by atoms with Crippen LogP contribution in [-0.2, 0) is 4.79 Å². The van der Waals surface area contributed by atoms with E-state index in [0.29, 0.717) is 4.88 Å². The molecule has 1 aromatic heterocycles. The predicted molar refractivity (Wildman–Crippen MR) is 73.0 cm³/mol. The molecule has 110 valence electrons. The van der Waals surface area contributed by atoms with E-state index in [1.165, 1.54) is 29.5 Å². The van der Waals surface area contributed by atoms with Gasteiger partial charge in [-0.25, -0.2) is 4.79 Å². The summed E-state index contributed by atoms with van der Waals surface area (Å²) in [5, 5.41) is 10.9. The van der Waals surface area contributed by atoms with Crippen LogP contribution in [0.25, 0.3) is 11.6 Å². The monoisotopic (exact) mass is 314 g/mol. The maximum atomic E-state index is 12.3. The van der Waals surface area contributed by atoms with Crippen LogP contribution in [0.2, 0.25) is 0 Å². The molecule has 0 atom stereocenters. The number of ether oxygens (including phenoxy) is 1. The number of carboxylic acids is 1. The van der Waals surface area contributed by atoms with Gasteiger partial charge in [0.15, 0.2) is 0 Å². The molecule has 7 heteroatoms. The van der Waals surface area contributed by atoms with Crippen LogP contribution in [0.1, 0.15) is 10.4 Å². The summed E-state index contributed by atoms with van der Waals surface area (Å²) in [4.78, 5) is 11.7. The van der Waals surface area contributed by atoms with Crippen LogP contribution in [0.15, 0.2) is 41.8 Å². The van der Waals surface area contributed by atoms with E-state index in [1.54, 1.807) is 17.5 Å². The van der Waals surface area contributed by atoms with Gasteiger partial charge in [-0.05, 0) is 23.6 Å². The molecule has 0 fully saturated rings. The van der Waals surface area contributed by atoms with Gasteiger partial charge in [-0.3, -0.25) is 0 Å². The van der Waals surface area contributed by atoms with E-state index >= 15 is 0 Å². The van der Waals surface area contributed by atoms with Gasteiger partial charge >= 0.3 is 12.3 Å². The normalized spacial score (nSPS) is 12.2. The number of carbonyl (C=O) groups is 1. The first-order chi connectivity index (χ1) is 9.87. The van der Waals surface area contributed by atoms with E-state index in [1.807, 2.05) is 0 Å². The SMILES string of the molecule is O=C(O)/C(=C\c1ccccc1OC(F)(F)F)c1cccs1. The number of rotatable bonds is 4. The molecule has 0 saturated heterocycles. The lowest BCUT2D eigenvalue weighted by atomic mass is 10.1. The highest BCUT2D eigenvalue weighted by Crippen LogP contribution is 2.30. The fourth-order valence-corrected chi connectivity index (χ4v) is 2.38. The topological polar surface area (TPSA) is 46.5 Å². The van der Waals surface area contributed by atoms with Crippen molar-refractivity contribution in [2.24, 2.45) is 0 Å². The van der Waals surface area contributed by atoms with Crippen molar-refractivity contribution in [3.63, 3.8) is 0 Å². The number of carboxylic acid groups (broad SMARTS) is 1. The van der Waals surface area contributed by atoms with Crippen molar-refractivity contribution in [2.45, 2.75) is 6.36 Å². The molecule has 0 bridgehead atoms. The lowest BCUT2D eigenvalue weighted by Crippen LogP contribution is -2.17. The summed E-state index contributed by atoms with van der Waals surface area (Å²) < 4.78 is 40.9. The maximum absolute atomic E-state index is 12.3. The van der Waals surface area contributed by atoms with Crippen LogP contribution < -0.4 is 4.74 Å². The van der Waals surface area contributed by atoms with Crippen molar-refractivity contribution in [3.05, 3.63) is 52.2 Å². The van der Waals surface area contributed by atoms with Gasteiger partial charge in [-0.1, -0.05) is 24.3 Å². The molecule has 0 radical (unpaired) electrons. The Hall–Kier alpha value is -2.28. The summed E-state index contributed by atoms with van der Waals surface area (Å²) >= 11 is 1.19. The van der Waals surface area contributed by atoms with Crippen LogP contribution in [0, 0.1) is 0 Å². The third kappa shape index (κ3) is 4.09. The third-order valence-electron chi connectivity index (χ3n) is 2.46. The average molecular weight is 314 g/mol. The summed E-state index contributed by atoms with van der Waals surface area (Å²) in [6, 6.07) is 8.62. The molecule has 0 saturated carbocycles. The van der Waals surface area contributed by atoms with Crippen molar-refractivity contribution in [1.29, 1.82) is 0 Å². The molecule has 1 heterocycles. The highest BCUT2D eigenvalue weighted by atomic mass is 32.1. The standard InChI is InChI=1S/C14H9F3O3S/c15-14(16,17)20-11-5-2-1-4-9(11)8-10(13(18)19)12-6-3-7-21-12/h1-8H,(H,18,19)/b10-8-. The van der Waals surface area contributed by atoms with Crippen molar-refractivity contribution in [1.82, 2.24) is 0 Å². The second kappa shape index (κ2) is 6.01. The minimum absolute atomic E-state index is 0.0422. The molecule has 1 N–H and O–H groups in total. The first kappa shape index (κ1) is 15.1. The fourth-order valence-electron chi connectivity index (χ4n) is 1.64. The van der Waals surface area contributed by atoms with Gasteiger partial charge in [0.1, 0.15) is 5.75 Å². The number of halogens is 3. The van der Waals surface area contributed by atoms with Crippen molar-refractivity contribution in [2.75, 3.05) is 0 Å². The quantitative estimate of drug-likeness (QED) is 0.857. The summed E-state index contributed by atoms with van der Waals surface area (Å²) in [6.07, 6.45) is -3.68. The Bertz CT molecular complexity index is 660. The first-order valence-corrected chi connectivity index (χ1v) is 6.58. The number of hydrogen-bond acceptors (Lipinski definition) is 3. The highest BCUT2D eigenvalue weighted by molar-refractivity contribution is 7.11. The van der Waals surface area contributed by atoms with Gasteiger partial charge in [-0.2, -0.15) is 0 Å². The van der Waals surface area contributed by atoms with Crippen molar-refractivity contribution < 1.29 is 27.8 Å². The Morgan fingerprint density at radius 3 is 2.48 bits per heavy atom. The highest BCUT2D eigenvalue weighted by Gasteiger charge is 2.31. The predicted octanol–water partition coefficient (Wildman–Crippen LogP) is 4.27. The number of hydrogen-bond donors (Lipinski definition) is 1. The molecule has 0 amide bonds. The van der Waals surface area contributed by atoms with Gasteiger partial charge in [0.05, 0.1) is 5.57 Å². The number of alkyl halides is 3. The number of para-hydroxylation sites is 1.